The van der Waals surface area contributed by atoms with Gasteiger partial charge < -0.3 is 0 Å². The van der Waals surface area contributed by atoms with Crippen LogP contribution < -0.4 is 0 Å². The van der Waals surface area contributed by atoms with E-state index in [2.05, 4.69) is 0 Å². The van der Waals surface area contributed by atoms with Gasteiger partial charge in [-0.05, 0) is 35.6 Å². The number of carbonyl (C=O) groups is 1. The van der Waals surface area contributed by atoms with Gasteiger partial charge in [0.1, 0.15) is 0 Å². The van der Waals surface area contributed by atoms with Crippen LogP contribution in [0.4, 0.5) is 5.69 Å². The Morgan fingerprint density at radius 3 is 2.67 bits per heavy atom. The Labute approximate surface area is 105 Å². The van der Waals surface area contributed by atoms with Crippen molar-refractivity contribution in [3.05, 3.63) is 36.9 Å². The summed E-state index contributed by atoms with van der Waals surface area (Å²) in [7, 11) is 0. The molecule has 0 aliphatic carbocycles. The molecule has 0 aromatic heterocycles. The molecule has 0 spiro atoms. The summed E-state index contributed by atoms with van der Waals surface area (Å²) in [5.41, 5.74) is 0.924. The van der Waals surface area contributed by atoms with Gasteiger partial charge in [-0.2, -0.15) is 0 Å². The molecule has 0 heterocycles. The fourth-order valence-electron chi connectivity index (χ4n) is 1.15. The number of alkyl halides is 1. The number of nitrogens with zero attached hydrogens (tertiary/aromatic N) is 1. The van der Waals surface area contributed by atoms with Crippen LogP contribution in [0.5, 0.6) is 0 Å². The van der Waals surface area contributed by atoms with Crippen LogP contribution >= 0.6 is 34.2 Å². The average Bonchev–Trinajstić information content (AvgIpc) is 2.19. The quantitative estimate of drug-likeness (QED) is 0.280. The first-order valence-electron chi connectivity index (χ1n) is 4.01. The number of hydrogen-bond donors (Lipinski definition) is 0. The van der Waals surface area contributed by atoms with Gasteiger partial charge in [-0.1, -0.05) is 0 Å². The molecule has 0 unspecified atom stereocenters. The van der Waals surface area contributed by atoms with Gasteiger partial charge in [0.05, 0.1) is 10.8 Å². The van der Waals surface area contributed by atoms with Crippen molar-refractivity contribution < 1.29 is 9.72 Å². The van der Waals surface area contributed by atoms with E-state index in [1.165, 1.54) is 12.1 Å². The number of halogens is 2. The molecule has 0 bridgehead atoms. The maximum atomic E-state index is 11.4. The van der Waals surface area contributed by atoms with E-state index in [0.717, 1.165) is 0 Å². The Morgan fingerprint density at radius 2 is 2.20 bits per heavy atom. The van der Waals surface area contributed by atoms with Crippen LogP contribution in [0, 0.1) is 20.6 Å². The van der Waals surface area contributed by atoms with E-state index in [0.29, 0.717) is 14.7 Å². The van der Waals surface area contributed by atoms with E-state index in [9.17, 15) is 14.9 Å². The molecule has 4 nitrogen and oxygen atoms in total. The van der Waals surface area contributed by atoms with Crippen LogP contribution in [0.3, 0.4) is 0 Å². The molecule has 1 rings (SSSR count). The van der Waals surface area contributed by atoms with E-state index in [1.807, 2.05) is 22.6 Å². The number of nitro benzene ring substituents is 1. The molecule has 0 saturated heterocycles. The van der Waals surface area contributed by atoms with Crippen molar-refractivity contribution in [2.75, 3.05) is 5.88 Å². The number of ketones is 1. The molecule has 0 N–H and O–H groups in total. The third-order valence-corrected chi connectivity index (χ3v) is 3.04. The predicted molar refractivity (Wildman–Crippen MR) is 65.6 cm³/mol. The minimum atomic E-state index is -0.466. The van der Waals surface area contributed by atoms with E-state index >= 15 is 0 Å². The van der Waals surface area contributed by atoms with Gasteiger partial charge in [0.25, 0.3) is 5.69 Å². The number of hydrogen-bond acceptors (Lipinski definition) is 3. The molecular weight excluding hydrogens is 332 g/mol. The summed E-state index contributed by atoms with van der Waals surface area (Å²) in [4.78, 5) is 21.5. The van der Waals surface area contributed by atoms with Crippen LogP contribution in [0.2, 0.25) is 0 Å². The second-order valence-electron chi connectivity index (χ2n) is 2.93. The minimum Gasteiger partial charge on any atom is -0.293 e. The summed E-state index contributed by atoms with van der Waals surface area (Å²) in [6, 6.07) is 2.89. The van der Waals surface area contributed by atoms with E-state index < -0.39 is 4.92 Å². The molecule has 1 aromatic rings. The van der Waals surface area contributed by atoms with Crippen LogP contribution in [0.1, 0.15) is 15.9 Å². The normalized spacial score (nSPS) is 10.1. The standard InChI is InChI=1S/C9H7ClINO3/c1-5-2-6(9(13)4-10)7(11)3-8(5)12(14)15/h2-3H,4H2,1H3. The van der Waals surface area contributed by atoms with Crippen LogP contribution in [0.25, 0.3) is 0 Å². The van der Waals surface area contributed by atoms with Crippen molar-refractivity contribution >= 4 is 45.7 Å². The average molecular weight is 340 g/mol. The van der Waals surface area contributed by atoms with Crippen molar-refractivity contribution in [3.8, 4) is 0 Å². The molecule has 0 atom stereocenters. The Kier molecular flexibility index (Phi) is 4.04. The van der Waals surface area contributed by atoms with Crippen LogP contribution in [-0.4, -0.2) is 16.6 Å². The van der Waals surface area contributed by atoms with Crippen molar-refractivity contribution in [2.45, 2.75) is 6.92 Å². The number of benzene rings is 1. The number of nitro groups is 1. The van der Waals surface area contributed by atoms with Gasteiger partial charge in [-0.3, -0.25) is 14.9 Å². The Morgan fingerprint density at radius 1 is 1.60 bits per heavy atom. The highest BCUT2D eigenvalue weighted by atomic mass is 127. The van der Waals surface area contributed by atoms with Crippen LogP contribution in [0.15, 0.2) is 12.1 Å². The lowest BCUT2D eigenvalue weighted by Crippen LogP contribution is -2.05. The predicted octanol–water partition coefficient (Wildman–Crippen LogP) is 2.93. The van der Waals surface area contributed by atoms with Crippen molar-refractivity contribution in [2.24, 2.45) is 0 Å². The molecule has 0 fully saturated rings. The molecule has 0 saturated carbocycles. The van der Waals surface area contributed by atoms with Crippen LogP contribution in [-0.2, 0) is 0 Å². The zero-order valence-electron chi connectivity index (χ0n) is 7.79. The molecule has 15 heavy (non-hydrogen) atoms. The fourth-order valence-corrected chi connectivity index (χ4v) is 2.05. The van der Waals surface area contributed by atoms with Gasteiger partial charge in [0.2, 0.25) is 0 Å². The maximum Gasteiger partial charge on any atom is 0.273 e. The summed E-state index contributed by atoms with van der Waals surface area (Å²) in [6.45, 7) is 1.60. The lowest BCUT2D eigenvalue weighted by atomic mass is 10.1. The van der Waals surface area contributed by atoms with Gasteiger partial charge in [-0.25, -0.2) is 0 Å². The second kappa shape index (κ2) is 4.89. The minimum absolute atomic E-state index is 0.0190. The van der Waals surface area contributed by atoms with Crippen molar-refractivity contribution in [3.63, 3.8) is 0 Å². The Bertz CT molecular complexity index is 434. The lowest BCUT2D eigenvalue weighted by Gasteiger charge is -2.03. The van der Waals surface area contributed by atoms with Crippen molar-refractivity contribution in [1.29, 1.82) is 0 Å². The summed E-state index contributed by atoms with van der Waals surface area (Å²) >= 11 is 7.32. The van der Waals surface area contributed by atoms with E-state index in [-0.39, 0.29) is 17.4 Å². The Hall–Kier alpha value is -0.690. The zero-order valence-corrected chi connectivity index (χ0v) is 10.7. The first-order chi connectivity index (χ1) is 6.97. The maximum absolute atomic E-state index is 11.4. The van der Waals surface area contributed by atoms with Crippen molar-refractivity contribution in [1.82, 2.24) is 0 Å². The Balaban J connectivity index is 3.31. The highest BCUT2D eigenvalue weighted by Gasteiger charge is 2.17. The molecule has 0 amide bonds. The highest BCUT2D eigenvalue weighted by molar-refractivity contribution is 14.1. The molecule has 80 valence electrons. The summed E-state index contributed by atoms with van der Waals surface area (Å²) in [5.74, 6) is -0.341. The molecule has 0 aliphatic rings. The van der Waals surface area contributed by atoms with E-state index in [1.54, 1.807) is 6.92 Å². The van der Waals surface area contributed by atoms with E-state index in [4.69, 9.17) is 11.6 Å². The molecule has 1 aromatic carbocycles. The third-order valence-electron chi connectivity index (χ3n) is 1.90. The monoisotopic (exact) mass is 339 g/mol. The first-order valence-corrected chi connectivity index (χ1v) is 5.62. The summed E-state index contributed by atoms with van der Waals surface area (Å²) in [5, 5.41) is 10.6. The topological polar surface area (TPSA) is 60.2 Å². The third kappa shape index (κ3) is 2.66. The molecule has 0 radical (unpaired) electrons. The number of carbonyl (C=O) groups excluding carboxylic acids is 1. The summed E-state index contributed by atoms with van der Waals surface area (Å²) < 4.78 is 0.551. The first kappa shape index (κ1) is 12.4. The molecule has 0 aliphatic heterocycles. The number of aryl methyl sites for hydroxylation is 1. The number of rotatable bonds is 3. The largest absolute Gasteiger partial charge is 0.293 e. The van der Waals surface area contributed by atoms with Gasteiger partial charge in [-0.15, -0.1) is 11.6 Å². The highest BCUT2D eigenvalue weighted by Crippen LogP contribution is 2.24. The van der Waals surface area contributed by atoms with Gasteiger partial charge in [0.15, 0.2) is 5.78 Å². The van der Waals surface area contributed by atoms with Gasteiger partial charge >= 0.3 is 0 Å². The number of Topliss-reactive ketones (excluding diaryl/α,β-unsaturated/α-hetero) is 1. The smallest absolute Gasteiger partial charge is 0.273 e. The molecule has 6 heteroatoms. The lowest BCUT2D eigenvalue weighted by molar-refractivity contribution is -0.385. The fraction of sp³-hybridized carbons (Fsp3) is 0.222. The SMILES string of the molecule is Cc1cc(C(=O)CCl)c(I)cc1[N+](=O)[O-]. The second-order valence-corrected chi connectivity index (χ2v) is 4.36. The zero-order chi connectivity index (χ0) is 11.6. The summed E-state index contributed by atoms with van der Waals surface area (Å²) in [6.07, 6.45) is 0. The molecular formula is C9H7ClINO3. The van der Waals surface area contributed by atoms with Gasteiger partial charge in [0, 0.05) is 20.8 Å².